The van der Waals surface area contributed by atoms with Crippen LogP contribution >= 0.6 is 0 Å². The van der Waals surface area contributed by atoms with Crippen molar-refractivity contribution in [3.8, 4) is 11.3 Å². The number of hydrogen-bond donors (Lipinski definition) is 0. The number of hydrogen-bond acceptors (Lipinski definition) is 4. The molecule has 11 aromatic rings. The van der Waals surface area contributed by atoms with Crippen molar-refractivity contribution in [3.05, 3.63) is 218 Å². The molecule has 0 amide bonds. The first-order valence-electron chi connectivity index (χ1n) is 19.9. The highest BCUT2D eigenvalue weighted by Crippen LogP contribution is 2.45. The second kappa shape index (κ2) is 14.5. The highest BCUT2D eigenvalue weighted by molar-refractivity contribution is 6.24. The van der Waals surface area contributed by atoms with Crippen molar-refractivity contribution in [2.75, 3.05) is 9.80 Å². The van der Waals surface area contributed by atoms with Gasteiger partial charge in [-0.25, -0.2) is 13.8 Å². The quantitative estimate of drug-likeness (QED) is 0.151. The topological polar surface area (TPSA) is 32.3 Å². The van der Waals surface area contributed by atoms with Crippen molar-refractivity contribution < 1.29 is 8.78 Å². The first-order valence-corrected chi connectivity index (χ1v) is 19.9. The molecule has 0 atom stereocenters. The molecule has 0 bridgehead atoms. The van der Waals surface area contributed by atoms with E-state index in [1.54, 1.807) is 6.20 Å². The van der Waals surface area contributed by atoms with Crippen molar-refractivity contribution in [1.82, 2.24) is 9.97 Å². The lowest BCUT2D eigenvalue weighted by Crippen LogP contribution is -2.11. The number of halogens is 2. The van der Waals surface area contributed by atoms with Gasteiger partial charge in [0.05, 0.1) is 34.3 Å². The Morgan fingerprint density at radius 3 is 1.35 bits per heavy atom. The highest BCUT2D eigenvalue weighted by atomic mass is 19.1. The predicted octanol–water partition coefficient (Wildman–Crippen LogP) is 15.1. The molecule has 1 heterocycles. The zero-order chi connectivity index (χ0) is 40.2. The van der Waals surface area contributed by atoms with Gasteiger partial charge in [0.1, 0.15) is 11.6 Å². The van der Waals surface area contributed by atoms with Gasteiger partial charge in [0.25, 0.3) is 0 Å². The zero-order valence-corrected chi connectivity index (χ0v) is 32.2. The summed E-state index contributed by atoms with van der Waals surface area (Å²) >= 11 is 0. The molecule has 0 aliphatic heterocycles. The van der Waals surface area contributed by atoms with Crippen LogP contribution in [0.1, 0.15) is 0 Å². The Morgan fingerprint density at radius 1 is 0.350 bits per heavy atom. The Kier molecular flexibility index (Phi) is 8.48. The Balaban J connectivity index is 1.21. The van der Waals surface area contributed by atoms with Crippen LogP contribution in [0.2, 0.25) is 0 Å². The maximum Gasteiger partial charge on any atom is 0.126 e. The van der Waals surface area contributed by atoms with Gasteiger partial charge >= 0.3 is 0 Å². The van der Waals surface area contributed by atoms with Crippen molar-refractivity contribution in [2.24, 2.45) is 0 Å². The molecule has 284 valence electrons. The SMILES string of the molecule is Fc1cc(F)cc(-c2cnc3c4ccc(N(c5ccccc5)c5cccc6ccccc56)cc4c4cc(N(c5ccccc5)c5cccc6ccccc56)ccc4c3n2)c1. The first-order chi connectivity index (χ1) is 29.6. The lowest BCUT2D eigenvalue weighted by atomic mass is 9.97. The minimum atomic E-state index is -0.670. The van der Waals surface area contributed by atoms with Gasteiger partial charge in [-0.3, -0.25) is 4.98 Å². The van der Waals surface area contributed by atoms with Crippen LogP contribution in [-0.4, -0.2) is 9.97 Å². The summed E-state index contributed by atoms with van der Waals surface area (Å²) in [4.78, 5) is 14.7. The second-order valence-corrected chi connectivity index (χ2v) is 14.9. The summed E-state index contributed by atoms with van der Waals surface area (Å²) < 4.78 is 29.0. The van der Waals surface area contributed by atoms with Gasteiger partial charge in [-0.1, -0.05) is 121 Å². The summed E-state index contributed by atoms with van der Waals surface area (Å²) in [5.74, 6) is -1.34. The lowest BCUT2D eigenvalue weighted by Gasteiger charge is -2.28. The molecule has 0 saturated heterocycles. The number of aromatic nitrogens is 2. The van der Waals surface area contributed by atoms with E-state index in [9.17, 15) is 8.78 Å². The minimum absolute atomic E-state index is 0.321. The number of fused-ring (bicyclic) bond motifs is 8. The number of nitrogens with zero attached hydrogens (tertiary/aromatic N) is 4. The summed E-state index contributed by atoms with van der Waals surface area (Å²) in [6, 6.07) is 66.9. The summed E-state index contributed by atoms with van der Waals surface area (Å²) in [6.45, 7) is 0. The van der Waals surface area contributed by atoms with Crippen molar-refractivity contribution in [1.29, 1.82) is 0 Å². The summed E-state index contributed by atoms with van der Waals surface area (Å²) in [5, 5.41) is 8.28. The van der Waals surface area contributed by atoms with Gasteiger partial charge in [0, 0.05) is 55.9 Å². The van der Waals surface area contributed by atoms with Crippen LogP contribution in [0.15, 0.2) is 206 Å². The molecule has 4 nitrogen and oxygen atoms in total. The molecule has 11 rings (SSSR count). The van der Waals surface area contributed by atoms with E-state index in [0.29, 0.717) is 22.3 Å². The van der Waals surface area contributed by atoms with Crippen LogP contribution in [0.25, 0.3) is 65.4 Å². The largest absolute Gasteiger partial charge is 0.310 e. The van der Waals surface area contributed by atoms with Gasteiger partial charge in [0.2, 0.25) is 0 Å². The van der Waals surface area contributed by atoms with E-state index < -0.39 is 11.6 Å². The maximum absolute atomic E-state index is 14.5. The van der Waals surface area contributed by atoms with Crippen LogP contribution in [-0.2, 0) is 0 Å². The molecule has 0 aliphatic rings. The Morgan fingerprint density at radius 2 is 0.817 bits per heavy atom. The van der Waals surface area contributed by atoms with Gasteiger partial charge in [0.15, 0.2) is 0 Å². The molecule has 0 N–H and O–H groups in total. The number of anilines is 6. The van der Waals surface area contributed by atoms with Crippen molar-refractivity contribution in [2.45, 2.75) is 0 Å². The molecule has 0 aliphatic carbocycles. The third-order valence-corrected chi connectivity index (χ3v) is 11.3. The van der Waals surface area contributed by atoms with E-state index >= 15 is 0 Å². The highest BCUT2D eigenvalue weighted by Gasteiger charge is 2.21. The van der Waals surface area contributed by atoms with Crippen molar-refractivity contribution in [3.63, 3.8) is 0 Å². The van der Waals surface area contributed by atoms with Crippen LogP contribution in [0, 0.1) is 11.6 Å². The van der Waals surface area contributed by atoms with E-state index in [0.717, 1.165) is 83.3 Å². The Bertz CT molecular complexity index is 3400. The fourth-order valence-electron chi connectivity index (χ4n) is 8.63. The maximum atomic E-state index is 14.5. The predicted molar refractivity (Wildman–Crippen MR) is 244 cm³/mol. The Hall–Kier alpha value is -7.96. The lowest BCUT2D eigenvalue weighted by molar-refractivity contribution is 0.584. The monoisotopic (exact) mass is 776 g/mol. The Labute approximate surface area is 344 Å². The van der Waals surface area contributed by atoms with Crippen molar-refractivity contribution >= 4 is 88.2 Å². The molecule has 6 heteroatoms. The average Bonchev–Trinajstić information content (AvgIpc) is 3.29. The molecular weight excluding hydrogens is 743 g/mol. The fourth-order valence-corrected chi connectivity index (χ4v) is 8.63. The van der Waals surface area contributed by atoms with Crippen LogP contribution in [0.3, 0.4) is 0 Å². The van der Waals surface area contributed by atoms with E-state index in [1.165, 1.54) is 12.1 Å². The van der Waals surface area contributed by atoms with Gasteiger partial charge < -0.3 is 9.80 Å². The normalized spacial score (nSPS) is 11.5. The first kappa shape index (κ1) is 35.2. The average molecular weight is 777 g/mol. The van der Waals surface area contributed by atoms with Crippen LogP contribution in [0.4, 0.5) is 42.9 Å². The third-order valence-electron chi connectivity index (χ3n) is 11.3. The van der Waals surface area contributed by atoms with Crippen LogP contribution < -0.4 is 9.80 Å². The third kappa shape index (κ3) is 6.05. The molecular formula is C54H34F2N4. The molecule has 1 aromatic heterocycles. The summed E-state index contributed by atoms with van der Waals surface area (Å²) in [7, 11) is 0. The molecule has 0 radical (unpaired) electrons. The molecule has 0 spiro atoms. The number of para-hydroxylation sites is 2. The summed E-state index contributed by atoms with van der Waals surface area (Å²) in [6.07, 6.45) is 1.61. The molecule has 0 fully saturated rings. The van der Waals surface area contributed by atoms with Gasteiger partial charge in [-0.05, 0) is 94.3 Å². The number of rotatable bonds is 7. The molecule has 0 saturated carbocycles. The standard InChI is InChI=1S/C54H34F2N4/c55-38-29-37(30-39(56)31-38)50-34-57-53-46-27-25-42(59(40-17-3-1-4-18-40)51-23-11-15-35-13-7-9-21-44(35)51)32-48(46)49-33-43(26-28-47(49)54(53)58-50)60(41-19-5-2-6-20-41)52-24-12-16-36-14-8-10-22-45(36)52/h1-34H. The molecule has 10 aromatic carbocycles. The van der Waals surface area contributed by atoms with E-state index in [-0.39, 0.29) is 0 Å². The van der Waals surface area contributed by atoms with E-state index in [4.69, 9.17) is 9.97 Å². The van der Waals surface area contributed by atoms with Gasteiger partial charge in [-0.2, -0.15) is 0 Å². The minimum Gasteiger partial charge on any atom is -0.310 e. The second-order valence-electron chi connectivity index (χ2n) is 14.9. The van der Waals surface area contributed by atoms with Crippen LogP contribution in [0.5, 0.6) is 0 Å². The fraction of sp³-hybridized carbons (Fsp3) is 0. The van der Waals surface area contributed by atoms with E-state index in [1.807, 2.05) is 12.1 Å². The van der Waals surface area contributed by atoms with E-state index in [2.05, 4.69) is 180 Å². The molecule has 0 unspecified atom stereocenters. The molecule has 60 heavy (non-hydrogen) atoms. The zero-order valence-electron chi connectivity index (χ0n) is 32.2. The van der Waals surface area contributed by atoms with Gasteiger partial charge in [-0.15, -0.1) is 0 Å². The number of benzene rings is 10. The summed E-state index contributed by atoms with van der Waals surface area (Å²) in [5.41, 5.74) is 8.13. The smallest absolute Gasteiger partial charge is 0.126 e.